The molecule has 3 rings (SSSR count). The van der Waals surface area contributed by atoms with E-state index in [9.17, 15) is 0 Å². The molecule has 1 heterocycles. The number of likely N-dealkylation sites (N-methyl/N-ethyl adjacent to an activating group) is 1. The van der Waals surface area contributed by atoms with Gasteiger partial charge < -0.3 is 13.7 Å². The van der Waals surface area contributed by atoms with E-state index in [2.05, 4.69) is 184 Å². The highest BCUT2D eigenvalue weighted by Crippen LogP contribution is 2.61. The number of hydrogen-bond acceptors (Lipinski definition) is 3. The maximum atomic E-state index is 2.96. The fourth-order valence-corrected chi connectivity index (χ4v) is 57.2. The van der Waals surface area contributed by atoms with Crippen LogP contribution in [0.3, 0.4) is 0 Å². The lowest BCUT2D eigenvalue weighted by molar-refractivity contribution is -0.292. The zero-order valence-electron chi connectivity index (χ0n) is 32.1. The summed E-state index contributed by atoms with van der Waals surface area (Å²) in [6, 6.07) is 14.3. The summed E-state index contributed by atoms with van der Waals surface area (Å²) in [4.78, 5) is 4.82. The van der Waals surface area contributed by atoms with Gasteiger partial charge in [0, 0.05) is 35.3 Å². The summed E-state index contributed by atoms with van der Waals surface area (Å²) < 4.78 is 5.93. The number of hydrogen-bond donors (Lipinski definition) is 0. The maximum Gasteiger partial charge on any atom is 0.241 e. The average molecular weight is 681 g/mol. The van der Waals surface area contributed by atoms with Gasteiger partial charge in [0.15, 0.2) is 0 Å². The van der Waals surface area contributed by atoms with Crippen LogP contribution in [0.2, 0.25) is 39.3 Å². The first-order valence-electron chi connectivity index (χ1n) is 17.1. The van der Waals surface area contributed by atoms with E-state index >= 15 is 0 Å². The van der Waals surface area contributed by atoms with E-state index in [1.54, 1.807) is 0 Å². The molecule has 0 saturated heterocycles. The highest BCUT2D eigenvalue weighted by Gasteiger charge is 2.45. The van der Waals surface area contributed by atoms with Crippen LogP contribution in [0.5, 0.6) is 0 Å². The van der Waals surface area contributed by atoms with Crippen molar-refractivity contribution in [3.05, 3.63) is 70.5 Å². The van der Waals surface area contributed by atoms with Crippen molar-refractivity contribution in [2.24, 2.45) is 0 Å². The van der Waals surface area contributed by atoms with Gasteiger partial charge in [-0.05, 0) is 45.9 Å². The van der Waals surface area contributed by atoms with Crippen molar-refractivity contribution >= 4 is 48.0 Å². The lowest BCUT2D eigenvalue weighted by Gasteiger charge is -2.61. The Morgan fingerprint density at radius 3 is 1.31 bits per heavy atom. The van der Waals surface area contributed by atoms with E-state index < -0.39 is 24.3 Å². The molecule has 0 amide bonds. The van der Waals surface area contributed by atoms with E-state index in [-0.39, 0.29) is 6.57 Å². The van der Waals surface area contributed by atoms with Crippen LogP contribution >= 0.6 is 6.57 Å². The van der Waals surface area contributed by atoms with Crippen LogP contribution in [-0.4, -0.2) is 72.3 Å². The Bertz CT molecular complexity index is 1350. The van der Waals surface area contributed by atoms with Crippen molar-refractivity contribution in [1.29, 1.82) is 0 Å². The molecule has 0 spiro atoms. The van der Waals surface area contributed by atoms with Crippen LogP contribution in [0.15, 0.2) is 48.3 Å². The third-order valence-electron chi connectivity index (χ3n) is 8.71. The minimum atomic E-state index is -1.66. The van der Waals surface area contributed by atoms with Gasteiger partial charge in [-0.1, -0.05) is 131 Å². The summed E-state index contributed by atoms with van der Waals surface area (Å²) in [6.07, 6.45) is 2.51. The summed E-state index contributed by atoms with van der Waals surface area (Å²) in [5.41, 5.74) is 8.88. The Hall–Kier alpha value is -1.67. The predicted octanol–water partition coefficient (Wildman–Crippen LogP) is 10.8. The van der Waals surface area contributed by atoms with Gasteiger partial charge in [-0.3, -0.25) is 4.90 Å². The zero-order chi connectivity index (χ0) is 34.3. The topological polar surface area (TPSA) is 12.7 Å². The number of nitrogens with zero attached hydrogens (tertiary/aromatic N) is 4. The van der Waals surface area contributed by atoms with E-state index in [0.717, 1.165) is 0 Å². The van der Waals surface area contributed by atoms with Crippen LogP contribution in [0, 0.1) is 0 Å². The van der Waals surface area contributed by atoms with Gasteiger partial charge in [-0.2, -0.15) is 0 Å². The number of para-hydroxylation sites is 2. The molecule has 0 unspecified atom stereocenters. The molecule has 0 fully saturated rings. The molecule has 0 saturated carbocycles. The van der Waals surface area contributed by atoms with E-state index in [1.165, 1.54) is 45.3 Å². The van der Waals surface area contributed by atoms with E-state index in [4.69, 9.17) is 0 Å². The summed E-state index contributed by atoms with van der Waals surface area (Å²) in [7, 11) is 4.33. The first kappa shape index (κ1) is 37.8. The second-order valence-electron chi connectivity index (χ2n) is 16.5. The monoisotopic (exact) mass is 680 g/mol. The van der Waals surface area contributed by atoms with Gasteiger partial charge in [-0.15, -0.1) is 0 Å². The average Bonchev–Trinajstić information content (AvgIpc) is 2.89. The normalized spacial score (nSPS) is 15.0. The molecule has 0 atom stereocenters. The van der Waals surface area contributed by atoms with Gasteiger partial charge in [0.05, 0.1) is 40.5 Å². The van der Waals surface area contributed by atoms with Gasteiger partial charge in [0.1, 0.15) is 0 Å². The van der Waals surface area contributed by atoms with Crippen LogP contribution in [0.25, 0.3) is 0 Å². The van der Waals surface area contributed by atoms with Crippen molar-refractivity contribution in [3.63, 3.8) is 0 Å². The van der Waals surface area contributed by atoms with Crippen LogP contribution in [0.1, 0.15) is 101 Å². The van der Waals surface area contributed by atoms with E-state index in [0.29, 0.717) is 23.7 Å². The van der Waals surface area contributed by atoms with Gasteiger partial charge in [0.2, 0.25) is 5.84 Å². The molecule has 8 heteroatoms. The molecule has 0 aliphatic carbocycles. The fraction of sp³-hybridized carbons (Fsp3) is 0.595. The molecule has 0 bridgehead atoms. The first-order chi connectivity index (χ1) is 20.6. The third-order valence-corrected chi connectivity index (χ3v) is 51.7. The Kier molecular flexibility index (Phi) is 11.9. The Morgan fingerprint density at radius 1 is 0.622 bits per heavy atom. The summed E-state index contributed by atoms with van der Waals surface area (Å²) in [6.45, 7) is 34.9. The lowest BCUT2D eigenvalue weighted by atomic mass is 9.92. The Balaban J connectivity index is 2.78. The van der Waals surface area contributed by atoms with Gasteiger partial charge in [-0.25, -0.2) is 6.57 Å². The smallest absolute Gasteiger partial charge is 0.241 e. The molecule has 0 radical (unpaired) electrons. The highest BCUT2D eigenvalue weighted by atomic mass is 31.8. The van der Waals surface area contributed by atoms with E-state index in [1.807, 2.05) is 0 Å². The molecule has 0 N–H and O–H groups in total. The fourth-order valence-electron chi connectivity index (χ4n) is 6.98. The summed E-state index contributed by atoms with van der Waals surface area (Å²) >= 11 is 0. The number of amidine groups is 1. The molecule has 45 heavy (non-hydrogen) atoms. The van der Waals surface area contributed by atoms with Crippen LogP contribution < -0.4 is 4.57 Å². The van der Waals surface area contributed by atoms with Gasteiger partial charge >= 0.3 is 0 Å². The molecule has 2 aromatic carbocycles. The molecular weight excluding hydrogens is 616 g/mol. The minimum Gasteiger partial charge on any atom is -0.445 e. The van der Waals surface area contributed by atoms with Crippen molar-refractivity contribution < 1.29 is 4.24 Å². The molecule has 1 aliphatic heterocycles. The Morgan fingerprint density at radius 2 is 1.00 bits per heavy atom. The molecule has 250 valence electrons. The second-order valence-corrected chi connectivity index (χ2v) is 44.6. The molecule has 4 nitrogen and oxygen atoms in total. The molecule has 2 aromatic rings. The van der Waals surface area contributed by atoms with Crippen molar-refractivity contribution in [3.8, 4) is 0 Å². The summed E-state index contributed by atoms with van der Waals surface area (Å²) in [5.74, 6) is 4.40. The SMILES string of the molecule is CC(C)c1cccc(C(C)C)c1N1C(N(C)C)=CC(N(C)C)=[N+](c2c(C(C)C)cccc2C(C)C)[Si-]1P([Si](C)(C)C)[Si](C)(C)C. The van der Waals surface area contributed by atoms with Crippen molar-refractivity contribution in [1.82, 2.24) is 9.80 Å². The number of benzene rings is 2. The Labute approximate surface area is 282 Å². The third kappa shape index (κ3) is 7.74. The zero-order valence-corrected chi connectivity index (χ0v) is 36.0. The molecule has 0 aromatic heterocycles. The predicted molar refractivity (Wildman–Crippen MR) is 211 cm³/mol. The number of rotatable bonds is 10. The lowest BCUT2D eigenvalue weighted by Crippen LogP contribution is -2.60. The maximum absolute atomic E-state index is 2.96. The van der Waals surface area contributed by atoms with Gasteiger partial charge in [0.25, 0.3) is 0 Å². The van der Waals surface area contributed by atoms with Crippen LogP contribution in [0.4, 0.5) is 11.4 Å². The number of anilines is 1. The largest absolute Gasteiger partial charge is 0.445 e. The first-order valence-corrected chi connectivity index (χ1v) is 29.3. The summed E-state index contributed by atoms with van der Waals surface area (Å²) in [5, 5.41) is 0. The van der Waals surface area contributed by atoms with Crippen molar-refractivity contribution in [2.75, 3.05) is 32.8 Å². The molecule has 1 aliphatic rings. The van der Waals surface area contributed by atoms with Crippen molar-refractivity contribution in [2.45, 2.75) is 118 Å². The van der Waals surface area contributed by atoms with Crippen LogP contribution in [-0.2, 0) is 0 Å². The quantitative estimate of drug-likeness (QED) is 0.183. The molecular formula is C37H65N4PSi3. The highest BCUT2D eigenvalue weighted by molar-refractivity contribution is 8.34. The second kappa shape index (κ2) is 14.2. The standard InChI is InChI=1S/C37H65N4PSi3/c1-26(2)30-21-19-22-31(27(3)4)36(30)40-34(38(9)10)25-35(39(11)12)41(43(40)42(44(13,14)15)45(16,17)18)37-32(28(5)6)23-20-24-33(37)29(7)8/h19-29H,1-18H3. The minimum absolute atomic E-state index is 0.300.